The Balaban J connectivity index is 2.37. The van der Waals surface area contributed by atoms with Gasteiger partial charge in [0.15, 0.2) is 0 Å². The Morgan fingerprint density at radius 1 is 1.00 bits per heavy atom. The van der Waals surface area contributed by atoms with Crippen LogP contribution in [0.5, 0.6) is 0 Å². The third-order valence-corrected chi connectivity index (χ3v) is 3.42. The normalized spacial score (nSPS) is 11.8. The number of hydrogen-bond acceptors (Lipinski definition) is 1. The van der Waals surface area contributed by atoms with E-state index in [1.807, 2.05) is 0 Å². The van der Waals surface area contributed by atoms with Crippen LogP contribution in [0.1, 0.15) is 15.9 Å². The highest BCUT2D eigenvalue weighted by Gasteiger charge is 2.34. The number of benzene rings is 1. The number of carbonyl (C=O) groups is 1. The van der Waals surface area contributed by atoms with Crippen molar-refractivity contribution in [2.45, 2.75) is 6.18 Å². The number of pyridine rings is 1. The molecule has 1 N–H and O–H groups in total. The minimum Gasteiger partial charge on any atom is -0.478 e. The molecular weight excluding hydrogens is 295 g/mol. The van der Waals surface area contributed by atoms with Crippen LogP contribution in [0.3, 0.4) is 0 Å². The zero-order chi connectivity index (χ0) is 15.9. The average molecular weight is 305 g/mol. The maximum Gasteiger partial charge on any atom is 0.417 e. The summed E-state index contributed by atoms with van der Waals surface area (Å²) >= 11 is 0. The fourth-order valence-electron chi connectivity index (χ4n) is 2.52. The molecule has 2 heterocycles. The van der Waals surface area contributed by atoms with E-state index < -0.39 is 17.7 Å². The molecule has 1 aromatic carbocycles. The summed E-state index contributed by atoms with van der Waals surface area (Å²) < 4.78 is 41.0. The zero-order valence-electron chi connectivity index (χ0n) is 11.1. The fourth-order valence-corrected chi connectivity index (χ4v) is 2.52. The summed E-state index contributed by atoms with van der Waals surface area (Å²) in [6, 6.07) is 9.84. The second-order valence-electron chi connectivity index (χ2n) is 4.76. The van der Waals surface area contributed by atoms with Gasteiger partial charge in [-0.15, -0.1) is 0 Å². The molecule has 0 radical (unpaired) electrons. The number of carboxylic acid groups (broad SMARTS) is 1. The van der Waals surface area contributed by atoms with E-state index in [4.69, 9.17) is 0 Å². The lowest BCUT2D eigenvalue weighted by Crippen LogP contribution is -2.08. The second-order valence-corrected chi connectivity index (χ2v) is 4.76. The van der Waals surface area contributed by atoms with E-state index >= 15 is 0 Å². The average Bonchev–Trinajstić information content (AvgIpc) is 2.85. The number of nitrogens with zero attached hydrogens (tertiary/aromatic N) is 1. The van der Waals surface area contributed by atoms with Crippen molar-refractivity contribution in [3.63, 3.8) is 0 Å². The van der Waals surface area contributed by atoms with E-state index in [2.05, 4.69) is 0 Å². The SMILES string of the molecule is O=C(O)c1c(-c2ccccc2C(F)(F)F)cn2ccccc12. The van der Waals surface area contributed by atoms with Crippen molar-refractivity contribution < 1.29 is 23.1 Å². The number of aromatic carboxylic acids is 1. The van der Waals surface area contributed by atoms with E-state index in [1.165, 1.54) is 28.8 Å². The van der Waals surface area contributed by atoms with Crippen LogP contribution in [0.25, 0.3) is 16.6 Å². The second kappa shape index (κ2) is 4.91. The van der Waals surface area contributed by atoms with Crippen molar-refractivity contribution in [2.24, 2.45) is 0 Å². The van der Waals surface area contributed by atoms with E-state index in [0.29, 0.717) is 5.52 Å². The number of aromatic nitrogens is 1. The Morgan fingerprint density at radius 3 is 2.36 bits per heavy atom. The van der Waals surface area contributed by atoms with Gasteiger partial charge < -0.3 is 9.51 Å². The molecule has 2 aromatic heterocycles. The van der Waals surface area contributed by atoms with Crippen molar-refractivity contribution in [1.29, 1.82) is 0 Å². The first-order valence-electron chi connectivity index (χ1n) is 6.39. The van der Waals surface area contributed by atoms with Crippen molar-refractivity contribution in [3.05, 3.63) is 66.0 Å². The maximum absolute atomic E-state index is 13.2. The number of carboxylic acids is 1. The lowest BCUT2D eigenvalue weighted by atomic mass is 9.98. The molecule has 0 spiro atoms. The molecule has 112 valence electrons. The third kappa shape index (κ3) is 2.22. The van der Waals surface area contributed by atoms with Crippen LogP contribution in [0.4, 0.5) is 13.2 Å². The van der Waals surface area contributed by atoms with Gasteiger partial charge in [-0.25, -0.2) is 4.79 Å². The molecule has 3 aromatic rings. The number of halogens is 3. The van der Waals surface area contributed by atoms with Gasteiger partial charge >= 0.3 is 12.1 Å². The molecule has 22 heavy (non-hydrogen) atoms. The standard InChI is InChI=1S/C16H10F3NO2/c17-16(18,19)12-6-2-1-5-10(12)11-9-20-8-4-3-7-13(20)14(11)15(21)22/h1-9H,(H,21,22). The van der Waals surface area contributed by atoms with E-state index in [0.717, 1.165) is 6.07 Å². The molecule has 0 saturated heterocycles. The number of fused-ring (bicyclic) bond motifs is 1. The molecule has 0 aliphatic rings. The molecule has 0 aliphatic heterocycles. The molecule has 0 bridgehead atoms. The molecule has 0 saturated carbocycles. The van der Waals surface area contributed by atoms with Gasteiger partial charge in [0.25, 0.3) is 0 Å². The first-order valence-corrected chi connectivity index (χ1v) is 6.39. The summed E-state index contributed by atoms with van der Waals surface area (Å²) in [6.07, 6.45) is -1.55. The molecule has 0 amide bonds. The summed E-state index contributed by atoms with van der Waals surface area (Å²) in [4.78, 5) is 11.5. The molecule has 3 nitrogen and oxygen atoms in total. The topological polar surface area (TPSA) is 41.7 Å². The predicted octanol–water partition coefficient (Wildman–Crippen LogP) is 4.32. The van der Waals surface area contributed by atoms with Crippen LogP contribution in [0.15, 0.2) is 54.9 Å². The highest BCUT2D eigenvalue weighted by atomic mass is 19.4. The molecule has 0 fully saturated rings. The zero-order valence-corrected chi connectivity index (χ0v) is 11.1. The van der Waals surface area contributed by atoms with Crippen LogP contribution >= 0.6 is 0 Å². The maximum atomic E-state index is 13.2. The lowest BCUT2D eigenvalue weighted by molar-refractivity contribution is -0.137. The van der Waals surface area contributed by atoms with Gasteiger partial charge in [-0.1, -0.05) is 24.3 Å². The van der Waals surface area contributed by atoms with Crippen LogP contribution < -0.4 is 0 Å². The van der Waals surface area contributed by atoms with Gasteiger partial charge in [0, 0.05) is 18.0 Å². The smallest absolute Gasteiger partial charge is 0.417 e. The van der Waals surface area contributed by atoms with Gasteiger partial charge in [0.1, 0.15) is 0 Å². The lowest BCUT2D eigenvalue weighted by Gasteiger charge is -2.12. The Kier molecular flexibility index (Phi) is 3.16. The van der Waals surface area contributed by atoms with E-state index in [1.54, 1.807) is 24.4 Å². The Hall–Kier alpha value is -2.76. The quantitative estimate of drug-likeness (QED) is 0.766. The van der Waals surface area contributed by atoms with Crippen molar-refractivity contribution in [1.82, 2.24) is 4.40 Å². The number of rotatable bonds is 2. The molecule has 0 atom stereocenters. The summed E-state index contributed by atoms with van der Waals surface area (Å²) in [5.41, 5.74) is -0.740. The number of hydrogen-bond donors (Lipinski definition) is 1. The van der Waals surface area contributed by atoms with E-state index in [9.17, 15) is 23.1 Å². The van der Waals surface area contributed by atoms with Crippen molar-refractivity contribution >= 4 is 11.5 Å². The molecule has 0 aliphatic carbocycles. The predicted molar refractivity (Wildman–Crippen MR) is 74.8 cm³/mol. The third-order valence-electron chi connectivity index (χ3n) is 3.42. The highest BCUT2D eigenvalue weighted by molar-refractivity contribution is 6.04. The molecular formula is C16H10F3NO2. The minimum absolute atomic E-state index is 0.0478. The van der Waals surface area contributed by atoms with Crippen molar-refractivity contribution in [2.75, 3.05) is 0 Å². The Labute approximate surface area is 123 Å². The van der Waals surface area contributed by atoms with Gasteiger partial charge in [0.05, 0.1) is 16.6 Å². The molecule has 0 unspecified atom stereocenters. The molecule has 6 heteroatoms. The largest absolute Gasteiger partial charge is 0.478 e. The monoisotopic (exact) mass is 305 g/mol. The van der Waals surface area contributed by atoms with Crippen LogP contribution in [-0.2, 0) is 6.18 Å². The summed E-state index contributed by atoms with van der Waals surface area (Å²) in [7, 11) is 0. The van der Waals surface area contributed by atoms with Crippen LogP contribution in [-0.4, -0.2) is 15.5 Å². The van der Waals surface area contributed by atoms with Gasteiger partial charge in [0.2, 0.25) is 0 Å². The minimum atomic E-state index is -4.56. The van der Waals surface area contributed by atoms with Gasteiger partial charge in [-0.2, -0.15) is 13.2 Å². The highest BCUT2D eigenvalue weighted by Crippen LogP contribution is 2.39. The van der Waals surface area contributed by atoms with Gasteiger partial charge in [-0.05, 0) is 23.8 Å². The van der Waals surface area contributed by atoms with Crippen LogP contribution in [0, 0.1) is 0 Å². The summed E-state index contributed by atoms with van der Waals surface area (Å²) in [6.45, 7) is 0. The first-order chi connectivity index (χ1) is 10.4. The number of alkyl halides is 3. The Morgan fingerprint density at radius 2 is 1.68 bits per heavy atom. The Bertz CT molecular complexity index is 865. The van der Waals surface area contributed by atoms with Gasteiger partial charge in [-0.3, -0.25) is 0 Å². The van der Waals surface area contributed by atoms with Crippen LogP contribution in [0.2, 0.25) is 0 Å². The van der Waals surface area contributed by atoms with E-state index in [-0.39, 0.29) is 16.7 Å². The first kappa shape index (κ1) is 14.2. The summed E-state index contributed by atoms with van der Waals surface area (Å²) in [5.74, 6) is -1.26. The van der Waals surface area contributed by atoms with Crippen molar-refractivity contribution in [3.8, 4) is 11.1 Å². The fraction of sp³-hybridized carbons (Fsp3) is 0.0625. The molecule has 3 rings (SSSR count). The summed E-state index contributed by atoms with van der Waals surface area (Å²) in [5, 5.41) is 9.41.